The fourth-order valence-corrected chi connectivity index (χ4v) is 4.44. The second-order valence-corrected chi connectivity index (χ2v) is 9.39. The average molecular weight is 443 g/mol. The lowest BCUT2D eigenvalue weighted by Crippen LogP contribution is -2.48. The number of amides is 2. The highest BCUT2D eigenvalue weighted by Crippen LogP contribution is 2.29. The first-order chi connectivity index (χ1) is 15.5. The lowest BCUT2D eigenvalue weighted by molar-refractivity contribution is -0.137. The Morgan fingerprint density at radius 3 is 2.47 bits per heavy atom. The predicted molar refractivity (Wildman–Crippen MR) is 127 cm³/mol. The Bertz CT molecular complexity index is 791. The summed E-state index contributed by atoms with van der Waals surface area (Å²) in [7, 11) is 1.61. The van der Waals surface area contributed by atoms with E-state index in [1.807, 2.05) is 23.1 Å². The number of likely N-dealkylation sites (tertiary alicyclic amines) is 1. The summed E-state index contributed by atoms with van der Waals surface area (Å²) in [5.41, 5.74) is 0.877. The molecule has 2 amide bonds. The summed E-state index contributed by atoms with van der Waals surface area (Å²) in [5.74, 6) is 2.23. The van der Waals surface area contributed by atoms with E-state index in [0.717, 1.165) is 44.3 Å². The lowest BCUT2D eigenvalue weighted by Gasteiger charge is -2.35. The molecule has 0 bridgehead atoms. The highest BCUT2D eigenvalue weighted by Gasteiger charge is 2.29. The standard InChI is InChI=1S/C26H38N2O4/c1-19(2)18-32-23-11-9-20(17-24(23)31-3)10-12-25(29)27-22-13-15-28(16-14-22)26(30)21-7-5-4-6-8-21/h9-12,17,19,21-22H,4-8,13-16,18H2,1-3H3,(H,27,29)/b12-10+. The molecular weight excluding hydrogens is 404 g/mol. The molecule has 0 spiro atoms. The van der Waals surface area contributed by atoms with Gasteiger partial charge in [0.05, 0.1) is 13.7 Å². The topological polar surface area (TPSA) is 67.9 Å². The molecule has 0 unspecified atom stereocenters. The Hall–Kier alpha value is -2.50. The van der Waals surface area contributed by atoms with Crippen LogP contribution in [-0.2, 0) is 9.59 Å². The molecule has 1 saturated carbocycles. The first-order valence-corrected chi connectivity index (χ1v) is 12.0. The molecule has 1 aliphatic carbocycles. The Labute approximate surface area is 192 Å². The summed E-state index contributed by atoms with van der Waals surface area (Å²) in [6, 6.07) is 5.77. The molecule has 6 nitrogen and oxygen atoms in total. The van der Waals surface area contributed by atoms with Crippen molar-refractivity contribution in [3.63, 3.8) is 0 Å². The number of hydrogen-bond acceptors (Lipinski definition) is 4. The van der Waals surface area contributed by atoms with Gasteiger partial charge in [-0.25, -0.2) is 0 Å². The van der Waals surface area contributed by atoms with Crippen molar-refractivity contribution in [2.24, 2.45) is 11.8 Å². The van der Waals surface area contributed by atoms with Crippen LogP contribution in [0, 0.1) is 11.8 Å². The summed E-state index contributed by atoms with van der Waals surface area (Å²) >= 11 is 0. The van der Waals surface area contributed by atoms with E-state index >= 15 is 0 Å². The number of carbonyl (C=O) groups excluding carboxylic acids is 2. The van der Waals surface area contributed by atoms with Crippen molar-refractivity contribution in [1.82, 2.24) is 10.2 Å². The maximum absolute atomic E-state index is 12.7. The van der Waals surface area contributed by atoms with Crippen LogP contribution in [-0.4, -0.2) is 49.6 Å². The van der Waals surface area contributed by atoms with Crippen molar-refractivity contribution in [2.45, 2.75) is 64.8 Å². The van der Waals surface area contributed by atoms with Gasteiger partial charge in [-0.2, -0.15) is 0 Å². The summed E-state index contributed by atoms with van der Waals surface area (Å²) in [4.78, 5) is 27.1. The second kappa shape index (κ2) is 11.9. The molecule has 1 aliphatic heterocycles. The molecule has 1 aromatic rings. The number of methoxy groups -OCH3 is 1. The van der Waals surface area contributed by atoms with Crippen molar-refractivity contribution >= 4 is 17.9 Å². The number of nitrogens with one attached hydrogen (secondary N) is 1. The van der Waals surface area contributed by atoms with Crippen molar-refractivity contribution in [2.75, 3.05) is 26.8 Å². The predicted octanol–water partition coefficient (Wildman–Crippen LogP) is 4.43. The minimum Gasteiger partial charge on any atom is -0.493 e. The molecule has 1 aromatic carbocycles. The van der Waals surface area contributed by atoms with Gasteiger partial charge in [0.25, 0.3) is 0 Å². The number of nitrogens with zero attached hydrogens (tertiary/aromatic N) is 1. The van der Waals surface area contributed by atoms with Gasteiger partial charge in [0.1, 0.15) is 0 Å². The maximum Gasteiger partial charge on any atom is 0.244 e. The number of piperidine rings is 1. The van der Waals surface area contributed by atoms with Crippen LogP contribution in [0.3, 0.4) is 0 Å². The number of hydrogen-bond donors (Lipinski definition) is 1. The van der Waals surface area contributed by atoms with Crippen molar-refractivity contribution < 1.29 is 19.1 Å². The van der Waals surface area contributed by atoms with Gasteiger partial charge >= 0.3 is 0 Å². The van der Waals surface area contributed by atoms with Crippen molar-refractivity contribution in [3.8, 4) is 11.5 Å². The third-order valence-corrected chi connectivity index (χ3v) is 6.29. The van der Waals surface area contributed by atoms with Gasteiger partial charge in [0, 0.05) is 31.1 Å². The summed E-state index contributed by atoms with van der Waals surface area (Å²) < 4.78 is 11.2. The average Bonchev–Trinajstić information content (AvgIpc) is 2.82. The molecule has 0 atom stereocenters. The van der Waals surface area contributed by atoms with E-state index in [2.05, 4.69) is 19.2 Å². The molecule has 1 saturated heterocycles. The summed E-state index contributed by atoms with van der Waals surface area (Å²) in [5, 5.41) is 3.08. The minimum atomic E-state index is -0.110. The van der Waals surface area contributed by atoms with E-state index in [1.165, 1.54) is 19.3 Å². The van der Waals surface area contributed by atoms with Gasteiger partial charge in [-0.15, -0.1) is 0 Å². The number of benzene rings is 1. The van der Waals surface area contributed by atoms with Gasteiger partial charge in [-0.1, -0.05) is 39.2 Å². The fourth-order valence-electron chi connectivity index (χ4n) is 4.44. The van der Waals surface area contributed by atoms with Crippen LogP contribution in [0.2, 0.25) is 0 Å². The highest BCUT2D eigenvalue weighted by atomic mass is 16.5. The van der Waals surface area contributed by atoms with Crippen LogP contribution in [0.25, 0.3) is 6.08 Å². The Balaban J connectivity index is 1.46. The number of carbonyl (C=O) groups is 2. The summed E-state index contributed by atoms with van der Waals surface area (Å²) in [6.07, 6.45) is 10.7. The van der Waals surface area contributed by atoms with Crippen LogP contribution >= 0.6 is 0 Å². The van der Waals surface area contributed by atoms with Gasteiger partial charge in [0.15, 0.2) is 11.5 Å². The fraction of sp³-hybridized carbons (Fsp3) is 0.615. The Kier molecular flexibility index (Phi) is 9.00. The first-order valence-electron chi connectivity index (χ1n) is 12.0. The minimum absolute atomic E-state index is 0.110. The van der Waals surface area contributed by atoms with Crippen LogP contribution in [0.5, 0.6) is 11.5 Å². The van der Waals surface area contributed by atoms with Gasteiger partial charge in [-0.3, -0.25) is 9.59 Å². The molecule has 0 aromatic heterocycles. The SMILES string of the molecule is COc1cc(/C=C/C(=O)NC2CCN(C(=O)C3CCCCC3)CC2)ccc1OCC(C)C. The molecule has 1 heterocycles. The molecule has 3 rings (SSSR count). The lowest BCUT2D eigenvalue weighted by atomic mass is 9.87. The van der Waals surface area contributed by atoms with Crippen molar-refractivity contribution in [1.29, 1.82) is 0 Å². The van der Waals surface area contributed by atoms with Gasteiger partial charge in [-0.05, 0) is 55.4 Å². The second-order valence-electron chi connectivity index (χ2n) is 9.39. The molecule has 2 fully saturated rings. The van der Waals surface area contributed by atoms with E-state index in [0.29, 0.717) is 29.9 Å². The normalized spacial score (nSPS) is 18.2. The van der Waals surface area contributed by atoms with E-state index < -0.39 is 0 Å². The van der Waals surface area contributed by atoms with Crippen LogP contribution in [0.1, 0.15) is 64.4 Å². The third-order valence-electron chi connectivity index (χ3n) is 6.29. The van der Waals surface area contributed by atoms with Crippen LogP contribution in [0.4, 0.5) is 0 Å². The van der Waals surface area contributed by atoms with E-state index in [4.69, 9.17) is 9.47 Å². The Morgan fingerprint density at radius 1 is 1.09 bits per heavy atom. The highest BCUT2D eigenvalue weighted by molar-refractivity contribution is 5.92. The smallest absolute Gasteiger partial charge is 0.244 e. The Morgan fingerprint density at radius 2 is 1.81 bits per heavy atom. The number of rotatable bonds is 8. The maximum atomic E-state index is 12.7. The van der Waals surface area contributed by atoms with Gasteiger partial charge in [0.2, 0.25) is 11.8 Å². The van der Waals surface area contributed by atoms with E-state index in [9.17, 15) is 9.59 Å². The van der Waals surface area contributed by atoms with E-state index in [-0.39, 0.29) is 17.9 Å². The van der Waals surface area contributed by atoms with Gasteiger partial charge < -0.3 is 19.7 Å². The molecule has 0 radical (unpaired) electrons. The zero-order chi connectivity index (χ0) is 22.9. The zero-order valence-corrected chi connectivity index (χ0v) is 19.8. The third kappa shape index (κ3) is 7.01. The monoisotopic (exact) mass is 442 g/mol. The molecule has 2 aliphatic rings. The molecule has 176 valence electrons. The first kappa shape index (κ1) is 24.1. The molecular formula is C26H38N2O4. The van der Waals surface area contributed by atoms with E-state index in [1.54, 1.807) is 19.3 Å². The zero-order valence-electron chi connectivity index (χ0n) is 19.8. The molecule has 32 heavy (non-hydrogen) atoms. The molecule has 1 N–H and O–H groups in total. The quantitative estimate of drug-likeness (QED) is 0.605. The largest absolute Gasteiger partial charge is 0.493 e. The summed E-state index contributed by atoms with van der Waals surface area (Å²) in [6.45, 7) is 6.29. The van der Waals surface area contributed by atoms with Crippen LogP contribution < -0.4 is 14.8 Å². The number of ether oxygens (including phenoxy) is 2. The van der Waals surface area contributed by atoms with Crippen LogP contribution in [0.15, 0.2) is 24.3 Å². The van der Waals surface area contributed by atoms with Crippen molar-refractivity contribution in [3.05, 3.63) is 29.8 Å². The molecule has 6 heteroatoms.